The van der Waals surface area contributed by atoms with Crippen molar-refractivity contribution in [3.05, 3.63) is 102 Å². The van der Waals surface area contributed by atoms with E-state index in [1.807, 2.05) is 73.7 Å². The molecule has 0 fully saturated rings. The van der Waals surface area contributed by atoms with E-state index in [0.29, 0.717) is 22.6 Å². The van der Waals surface area contributed by atoms with E-state index in [1.54, 1.807) is 29.9 Å². The van der Waals surface area contributed by atoms with Gasteiger partial charge in [0.2, 0.25) is 0 Å². The van der Waals surface area contributed by atoms with Crippen molar-refractivity contribution in [2.75, 3.05) is 10.6 Å². The van der Waals surface area contributed by atoms with E-state index in [0.717, 1.165) is 16.8 Å². The molecule has 0 radical (unpaired) electrons. The summed E-state index contributed by atoms with van der Waals surface area (Å²) in [5.41, 5.74) is 4.53. The van der Waals surface area contributed by atoms with Gasteiger partial charge in [-0.3, -0.25) is 14.3 Å². The third-order valence-corrected chi connectivity index (χ3v) is 4.88. The molecule has 1 aromatic heterocycles. The first-order valence-electron chi connectivity index (χ1n) is 9.88. The van der Waals surface area contributed by atoms with Crippen molar-refractivity contribution >= 4 is 23.3 Å². The molecule has 0 aliphatic heterocycles. The molecule has 31 heavy (non-hydrogen) atoms. The zero-order valence-corrected chi connectivity index (χ0v) is 17.3. The first-order valence-corrected chi connectivity index (χ1v) is 9.88. The van der Waals surface area contributed by atoms with Crippen LogP contribution >= 0.6 is 0 Å². The predicted octanol–water partition coefficient (Wildman–Crippen LogP) is 4.90. The Labute approximate surface area is 180 Å². The van der Waals surface area contributed by atoms with Gasteiger partial charge in [-0.2, -0.15) is 5.10 Å². The highest BCUT2D eigenvalue weighted by Crippen LogP contribution is 2.24. The highest BCUT2D eigenvalue weighted by atomic mass is 16.2. The Morgan fingerprint density at radius 1 is 0.774 bits per heavy atom. The molecule has 0 bridgehead atoms. The van der Waals surface area contributed by atoms with Crippen LogP contribution in [0.15, 0.2) is 84.9 Å². The molecule has 1 heterocycles. The van der Waals surface area contributed by atoms with Crippen LogP contribution in [-0.4, -0.2) is 21.6 Å². The molecule has 2 amide bonds. The van der Waals surface area contributed by atoms with Gasteiger partial charge in [0.25, 0.3) is 11.8 Å². The molecule has 0 saturated carbocycles. The van der Waals surface area contributed by atoms with Crippen LogP contribution in [0, 0.1) is 6.92 Å². The number of aromatic nitrogens is 2. The molecule has 4 aromatic rings. The van der Waals surface area contributed by atoms with Gasteiger partial charge in [-0.25, -0.2) is 0 Å². The Bertz CT molecular complexity index is 1230. The van der Waals surface area contributed by atoms with Gasteiger partial charge in [-0.05, 0) is 43.3 Å². The zero-order valence-electron chi connectivity index (χ0n) is 17.3. The van der Waals surface area contributed by atoms with E-state index in [9.17, 15) is 9.59 Å². The van der Waals surface area contributed by atoms with Gasteiger partial charge < -0.3 is 10.6 Å². The van der Waals surface area contributed by atoms with E-state index in [-0.39, 0.29) is 11.8 Å². The summed E-state index contributed by atoms with van der Waals surface area (Å²) in [4.78, 5) is 24.8. The Kier molecular flexibility index (Phi) is 5.62. The summed E-state index contributed by atoms with van der Waals surface area (Å²) in [5.74, 6) is 0.257. The molecule has 6 nitrogen and oxygen atoms in total. The first kappa shape index (κ1) is 20.1. The summed E-state index contributed by atoms with van der Waals surface area (Å²) in [6.45, 7) is 1.95. The minimum atomic E-state index is -0.183. The molecule has 6 heteroatoms. The van der Waals surface area contributed by atoms with E-state index in [1.165, 1.54) is 0 Å². The molecule has 0 saturated heterocycles. The van der Waals surface area contributed by atoms with Crippen LogP contribution in [0.2, 0.25) is 0 Å². The quantitative estimate of drug-likeness (QED) is 0.491. The lowest BCUT2D eigenvalue weighted by Crippen LogP contribution is -2.14. The van der Waals surface area contributed by atoms with Crippen LogP contribution in [0.25, 0.3) is 11.3 Å². The van der Waals surface area contributed by atoms with Crippen LogP contribution in [0.5, 0.6) is 0 Å². The predicted molar refractivity (Wildman–Crippen MR) is 122 cm³/mol. The van der Waals surface area contributed by atoms with Crippen molar-refractivity contribution in [3.63, 3.8) is 0 Å². The Balaban J connectivity index is 1.46. The minimum absolute atomic E-state index is 0.160. The van der Waals surface area contributed by atoms with Gasteiger partial charge in [0.05, 0.1) is 5.69 Å². The number of rotatable bonds is 5. The number of carbonyl (C=O) groups is 2. The smallest absolute Gasteiger partial charge is 0.256 e. The molecule has 0 spiro atoms. The molecule has 2 N–H and O–H groups in total. The van der Waals surface area contributed by atoms with Crippen LogP contribution in [0.1, 0.15) is 26.3 Å². The lowest BCUT2D eigenvalue weighted by molar-refractivity contribution is 0.101. The molecule has 154 valence electrons. The van der Waals surface area contributed by atoms with E-state index in [4.69, 9.17) is 0 Å². The number of nitrogens with one attached hydrogen (secondary N) is 2. The van der Waals surface area contributed by atoms with Crippen LogP contribution in [-0.2, 0) is 7.05 Å². The number of benzene rings is 3. The summed E-state index contributed by atoms with van der Waals surface area (Å²) in [7, 11) is 1.78. The fourth-order valence-corrected chi connectivity index (χ4v) is 3.22. The lowest BCUT2D eigenvalue weighted by Gasteiger charge is -2.06. The number of hydrogen-bond acceptors (Lipinski definition) is 3. The SMILES string of the molecule is Cc1cccc(C(=O)Nc2cc(-c3ccc(NC(=O)c4ccccc4)cc3)nn2C)c1. The summed E-state index contributed by atoms with van der Waals surface area (Å²) in [6, 6.07) is 25.7. The summed E-state index contributed by atoms with van der Waals surface area (Å²) in [6.07, 6.45) is 0. The van der Waals surface area contributed by atoms with Crippen molar-refractivity contribution in [3.8, 4) is 11.3 Å². The number of hydrogen-bond donors (Lipinski definition) is 2. The molecule has 0 aliphatic rings. The fraction of sp³-hybridized carbons (Fsp3) is 0.0800. The molecule has 0 unspecified atom stereocenters. The van der Waals surface area contributed by atoms with Gasteiger partial charge in [-0.15, -0.1) is 0 Å². The molecular formula is C25H22N4O2. The number of aryl methyl sites for hydroxylation is 2. The summed E-state index contributed by atoms with van der Waals surface area (Å²) < 4.78 is 1.63. The van der Waals surface area contributed by atoms with Crippen molar-refractivity contribution in [2.45, 2.75) is 6.92 Å². The average molecular weight is 410 g/mol. The normalized spacial score (nSPS) is 10.5. The Morgan fingerprint density at radius 2 is 1.45 bits per heavy atom. The van der Waals surface area contributed by atoms with Gasteiger partial charge in [-0.1, -0.05) is 48.0 Å². The van der Waals surface area contributed by atoms with Crippen LogP contribution in [0.3, 0.4) is 0 Å². The third-order valence-electron chi connectivity index (χ3n) is 4.88. The molecule has 0 atom stereocenters. The second kappa shape index (κ2) is 8.67. The molecular weight excluding hydrogens is 388 g/mol. The Morgan fingerprint density at radius 3 is 2.16 bits per heavy atom. The standard InChI is InChI=1S/C25H22N4O2/c1-17-7-6-10-20(15-17)25(31)27-23-16-22(28-29(23)2)18-11-13-21(14-12-18)26-24(30)19-8-4-3-5-9-19/h3-16H,1-2H3,(H,26,30)(H,27,31). The van der Waals surface area contributed by atoms with Crippen LogP contribution in [0.4, 0.5) is 11.5 Å². The molecule has 0 aliphatic carbocycles. The van der Waals surface area contributed by atoms with Gasteiger partial charge in [0.15, 0.2) is 0 Å². The highest BCUT2D eigenvalue weighted by molar-refractivity contribution is 6.05. The molecule has 4 rings (SSSR count). The van der Waals surface area contributed by atoms with Crippen LogP contribution < -0.4 is 10.6 Å². The summed E-state index contributed by atoms with van der Waals surface area (Å²) >= 11 is 0. The second-order valence-electron chi connectivity index (χ2n) is 7.26. The first-order chi connectivity index (χ1) is 15.0. The van der Waals surface area contributed by atoms with E-state index in [2.05, 4.69) is 15.7 Å². The monoisotopic (exact) mass is 410 g/mol. The van der Waals surface area contributed by atoms with E-state index < -0.39 is 0 Å². The van der Waals surface area contributed by atoms with Crippen molar-refractivity contribution < 1.29 is 9.59 Å². The Hall–Kier alpha value is -4.19. The topological polar surface area (TPSA) is 76.0 Å². The zero-order chi connectivity index (χ0) is 21.8. The maximum absolute atomic E-state index is 12.5. The van der Waals surface area contributed by atoms with Gasteiger partial charge >= 0.3 is 0 Å². The van der Waals surface area contributed by atoms with Crippen molar-refractivity contribution in [2.24, 2.45) is 7.05 Å². The van der Waals surface area contributed by atoms with Gasteiger partial charge in [0.1, 0.15) is 5.82 Å². The second-order valence-corrected chi connectivity index (χ2v) is 7.26. The highest BCUT2D eigenvalue weighted by Gasteiger charge is 2.12. The van der Waals surface area contributed by atoms with Gasteiger partial charge in [0, 0.05) is 35.5 Å². The maximum Gasteiger partial charge on any atom is 0.256 e. The summed E-state index contributed by atoms with van der Waals surface area (Å²) in [5, 5.41) is 10.3. The lowest BCUT2D eigenvalue weighted by atomic mass is 10.1. The number of nitrogens with zero attached hydrogens (tertiary/aromatic N) is 2. The maximum atomic E-state index is 12.5. The largest absolute Gasteiger partial charge is 0.322 e. The molecule has 3 aromatic carbocycles. The number of carbonyl (C=O) groups excluding carboxylic acids is 2. The fourth-order valence-electron chi connectivity index (χ4n) is 3.22. The van der Waals surface area contributed by atoms with E-state index >= 15 is 0 Å². The number of amides is 2. The average Bonchev–Trinajstić information content (AvgIpc) is 3.15. The third kappa shape index (κ3) is 4.70. The number of anilines is 2. The minimum Gasteiger partial charge on any atom is -0.322 e. The van der Waals surface area contributed by atoms with Crippen molar-refractivity contribution in [1.29, 1.82) is 0 Å². The van der Waals surface area contributed by atoms with Crippen molar-refractivity contribution in [1.82, 2.24) is 9.78 Å².